The van der Waals surface area contributed by atoms with Gasteiger partial charge in [0.25, 0.3) is 5.91 Å². The van der Waals surface area contributed by atoms with Crippen molar-refractivity contribution < 1.29 is 33.8 Å². The van der Waals surface area contributed by atoms with Crippen molar-refractivity contribution in [3.05, 3.63) is 124 Å². The fraction of sp³-hybridized carbons (Fsp3) is 0.317. The number of carbonyl (C=O) groups excluding carboxylic acids is 3. The zero-order valence-electron chi connectivity index (χ0n) is 29.1. The van der Waals surface area contributed by atoms with Crippen LogP contribution in [0.3, 0.4) is 0 Å². The van der Waals surface area contributed by atoms with E-state index in [0.717, 1.165) is 24.8 Å². The molecule has 0 saturated heterocycles. The van der Waals surface area contributed by atoms with E-state index in [4.69, 9.17) is 9.47 Å². The molecule has 262 valence electrons. The molecular formula is C41H46N2O7. The maximum absolute atomic E-state index is 13.3. The minimum Gasteiger partial charge on any atom is -0.494 e. The van der Waals surface area contributed by atoms with Crippen LogP contribution >= 0.6 is 0 Å². The second-order valence-corrected chi connectivity index (χ2v) is 12.3. The Morgan fingerprint density at radius 1 is 0.740 bits per heavy atom. The Hall–Kier alpha value is -5.44. The summed E-state index contributed by atoms with van der Waals surface area (Å²) in [4.78, 5) is 51.6. The van der Waals surface area contributed by atoms with Crippen molar-refractivity contribution in [2.45, 2.75) is 72.3 Å². The molecule has 0 unspecified atom stereocenters. The lowest BCUT2D eigenvalue weighted by atomic mass is 10.0. The van der Waals surface area contributed by atoms with Crippen LogP contribution in [0.1, 0.15) is 88.9 Å². The summed E-state index contributed by atoms with van der Waals surface area (Å²) in [5, 5.41) is 12.4. The Morgan fingerprint density at radius 2 is 1.38 bits per heavy atom. The van der Waals surface area contributed by atoms with Gasteiger partial charge in [-0.05, 0) is 103 Å². The van der Waals surface area contributed by atoms with Gasteiger partial charge in [0.1, 0.15) is 18.0 Å². The lowest BCUT2D eigenvalue weighted by Gasteiger charge is -2.21. The predicted molar refractivity (Wildman–Crippen MR) is 194 cm³/mol. The van der Waals surface area contributed by atoms with Crippen molar-refractivity contribution in [1.82, 2.24) is 4.90 Å². The Bertz CT molecular complexity index is 1730. The molecule has 4 aromatic carbocycles. The summed E-state index contributed by atoms with van der Waals surface area (Å²) in [7, 11) is 0. The lowest BCUT2D eigenvalue weighted by molar-refractivity contribution is -0.137. The topological polar surface area (TPSA) is 122 Å². The summed E-state index contributed by atoms with van der Waals surface area (Å²) < 4.78 is 11.3. The van der Waals surface area contributed by atoms with Gasteiger partial charge in [-0.25, -0.2) is 4.79 Å². The molecule has 2 amide bonds. The van der Waals surface area contributed by atoms with E-state index in [1.54, 1.807) is 72.8 Å². The number of hydrogen-bond acceptors (Lipinski definition) is 6. The van der Waals surface area contributed by atoms with Crippen molar-refractivity contribution in [2.75, 3.05) is 18.5 Å². The van der Waals surface area contributed by atoms with E-state index in [-0.39, 0.29) is 24.4 Å². The molecule has 9 nitrogen and oxygen atoms in total. The number of benzene rings is 4. The van der Waals surface area contributed by atoms with Crippen molar-refractivity contribution >= 4 is 29.4 Å². The Kier molecular flexibility index (Phi) is 14.2. The third kappa shape index (κ3) is 11.6. The van der Waals surface area contributed by atoms with Crippen LogP contribution in [0.5, 0.6) is 11.5 Å². The number of hydrogen-bond donors (Lipinski definition) is 2. The molecule has 2 N–H and O–H groups in total. The highest BCUT2D eigenvalue weighted by Crippen LogP contribution is 2.20. The number of anilines is 1. The van der Waals surface area contributed by atoms with Gasteiger partial charge in [-0.1, -0.05) is 69.9 Å². The SMILES string of the molecule is CCCCCCCOc1ccc(C(=O)Oc2ccc(CN(CC(=O)O)C(=O)c3ccc(NC(=O)Cc4ccc(C)c(CC)c4)cc3)cc2)cc1. The van der Waals surface area contributed by atoms with Gasteiger partial charge in [-0.15, -0.1) is 0 Å². The minimum absolute atomic E-state index is 0.0220. The fourth-order valence-electron chi connectivity index (χ4n) is 5.48. The summed E-state index contributed by atoms with van der Waals surface area (Å²) in [5.41, 5.74) is 5.16. The summed E-state index contributed by atoms with van der Waals surface area (Å²) in [6, 6.07) is 25.7. The maximum Gasteiger partial charge on any atom is 0.343 e. The molecule has 0 atom stereocenters. The molecule has 50 heavy (non-hydrogen) atoms. The monoisotopic (exact) mass is 678 g/mol. The van der Waals surface area contributed by atoms with Crippen LogP contribution in [0.15, 0.2) is 91.0 Å². The number of esters is 1. The number of carboxylic acid groups (broad SMARTS) is 1. The second-order valence-electron chi connectivity index (χ2n) is 12.3. The van der Waals surface area contributed by atoms with Gasteiger partial charge in [0.05, 0.1) is 18.6 Å². The summed E-state index contributed by atoms with van der Waals surface area (Å²) >= 11 is 0. The van der Waals surface area contributed by atoms with E-state index in [1.807, 2.05) is 25.1 Å². The Morgan fingerprint density at radius 3 is 2.04 bits per heavy atom. The number of nitrogens with one attached hydrogen (secondary N) is 1. The molecule has 0 aliphatic carbocycles. The van der Waals surface area contributed by atoms with E-state index in [0.29, 0.717) is 34.9 Å². The number of nitrogens with zero attached hydrogens (tertiary/aromatic N) is 1. The summed E-state index contributed by atoms with van der Waals surface area (Å²) in [6.07, 6.45) is 6.88. The molecule has 0 fully saturated rings. The number of amides is 2. The van der Waals surface area contributed by atoms with Gasteiger partial charge < -0.3 is 24.8 Å². The minimum atomic E-state index is -1.15. The maximum atomic E-state index is 13.3. The molecule has 9 heteroatoms. The molecule has 4 aromatic rings. The molecular weight excluding hydrogens is 632 g/mol. The normalized spacial score (nSPS) is 10.7. The standard InChI is InChI=1S/C41H46N2O7/c1-4-6-7-8-9-24-49-36-22-16-34(17-23-36)41(48)50-37-20-12-30(13-21-37)27-43(28-39(45)46)40(47)33-14-18-35(19-15-33)42-38(44)26-31-11-10-29(3)32(5-2)25-31/h10-23,25H,4-9,24,26-28H2,1-3H3,(H,42,44)(H,45,46). The van der Waals surface area contributed by atoms with Crippen LogP contribution in [-0.2, 0) is 29.0 Å². The van der Waals surface area contributed by atoms with Gasteiger partial charge in [-0.2, -0.15) is 0 Å². The van der Waals surface area contributed by atoms with E-state index in [2.05, 4.69) is 19.2 Å². The smallest absolute Gasteiger partial charge is 0.343 e. The highest BCUT2D eigenvalue weighted by atomic mass is 16.5. The van der Waals surface area contributed by atoms with Crippen LogP contribution in [0.4, 0.5) is 5.69 Å². The second kappa shape index (κ2) is 18.9. The number of unbranched alkanes of at least 4 members (excludes halogenated alkanes) is 4. The number of rotatable bonds is 18. The van der Waals surface area contributed by atoms with Crippen LogP contribution < -0.4 is 14.8 Å². The van der Waals surface area contributed by atoms with Crippen molar-refractivity contribution in [3.8, 4) is 11.5 Å². The van der Waals surface area contributed by atoms with Crippen LogP contribution in [-0.4, -0.2) is 46.9 Å². The first-order valence-electron chi connectivity index (χ1n) is 17.2. The summed E-state index contributed by atoms with van der Waals surface area (Å²) in [5.74, 6) is -1.32. The largest absolute Gasteiger partial charge is 0.494 e. The Labute approximate surface area is 294 Å². The first kappa shape index (κ1) is 37.4. The zero-order valence-corrected chi connectivity index (χ0v) is 29.1. The third-order valence-electron chi connectivity index (χ3n) is 8.30. The molecule has 0 aliphatic heterocycles. The average Bonchev–Trinajstić information content (AvgIpc) is 3.11. The van der Waals surface area contributed by atoms with Gasteiger partial charge in [-0.3, -0.25) is 14.4 Å². The van der Waals surface area contributed by atoms with Gasteiger partial charge in [0.2, 0.25) is 5.91 Å². The van der Waals surface area contributed by atoms with E-state index in [9.17, 15) is 24.3 Å². The lowest BCUT2D eigenvalue weighted by Crippen LogP contribution is -2.35. The number of aryl methyl sites for hydroxylation is 2. The van der Waals surface area contributed by atoms with Gasteiger partial charge >= 0.3 is 11.9 Å². The quantitative estimate of drug-likeness (QED) is 0.0621. The number of aliphatic carboxylic acids is 1. The molecule has 0 saturated carbocycles. The van der Waals surface area contributed by atoms with E-state index < -0.39 is 24.4 Å². The van der Waals surface area contributed by atoms with Crippen molar-refractivity contribution in [1.29, 1.82) is 0 Å². The average molecular weight is 679 g/mol. The number of carbonyl (C=O) groups is 4. The first-order chi connectivity index (χ1) is 24.1. The van der Waals surface area contributed by atoms with Crippen molar-refractivity contribution in [3.63, 3.8) is 0 Å². The van der Waals surface area contributed by atoms with Gasteiger partial charge in [0.15, 0.2) is 0 Å². The highest BCUT2D eigenvalue weighted by Gasteiger charge is 2.20. The molecule has 0 radical (unpaired) electrons. The number of carboxylic acids is 1. The summed E-state index contributed by atoms with van der Waals surface area (Å²) in [6.45, 7) is 6.46. The van der Waals surface area contributed by atoms with E-state index in [1.165, 1.54) is 35.3 Å². The molecule has 0 aromatic heterocycles. The first-order valence-corrected chi connectivity index (χ1v) is 17.2. The predicted octanol–water partition coefficient (Wildman–Crippen LogP) is 8.03. The molecule has 4 rings (SSSR count). The molecule has 0 spiro atoms. The van der Waals surface area contributed by atoms with E-state index >= 15 is 0 Å². The van der Waals surface area contributed by atoms with Crippen molar-refractivity contribution in [2.24, 2.45) is 0 Å². The Balaban J connectivity index is 1.30. The zero-order chi connectivity index (χ0) is 35.9. The molecule has 0 heterocycles. The van der Waals surface area contributed by atoms with Crippen LogP contribution in [0.2, 0.25) is 0 Å². The highest BCUT2D eigenvalue weighted by molar-refractivity contribution is 5.97. The molecule has 0 aliphatic rings. The van der Waals surface area contributed by atoms with Crippen LogP contribution in [0, 0.1) is 6.92 Å². The third-order valence-corrected chi connectivity index (χ3v) is 8.30. The van der Waals surface area contributed by atoms with Crippen LogP contribution in [0.25, 0.3) is 0 Å². The molecule has 0 bridgehead atoms. The number of ether oxygens (including phenoxy) is 2. The fourth-order valence-corrected chi connectivity index (χ4v) is 5.48. The van der Waals surface area contributed by atoms with Gasteiger partial charge in [0, 0.05) is 17.8 Å².